The van der Waals surface area contributed by atoms with Crippen molar-refractivity contribution >= 4 is 8.58 Å². The lowest BCUT2D eigenvalue weighted by atomic mass is 9.80. The summed E-state index contributed by atoms with van der Waals surface area (Å²) in [5.41, 5.74) is 5.42. The second kappa shape index (κ2) is 8.17. The summed E-state index contributed by atoms with van der Waals surface area (Å²) in [4.78, 5) is 0. The quantitative estimate of drug-likeness (QED) is 0.459. The van der Waals surface area contributed by atoms with Gasteiger partial charge in [0.2, 0.25) is 0 Å². The lowest BCUT2D eigenvalue weighted by Gasteiger charge is -2.33. The van der Waals surface area contributed by atoms with Gasteiger partial charge < -0.3 is 0 Å². The van der Waals surface area contributed by atoms with E-state index < -0.39 is 0 Å². The molecule has 1 heteroatoms. The standard InChI is InChI=1S/C21H33P/c1-9-16(3)22-20(18(5)21(6,7)8)14-13-19-12-10-11-15(2)17(19)4/h10-12,16,18,20,22H,9H2,1-8H3. The molecule has 0 heterocycles. The van der Waals surface area contributed by atoms with Crippen LogP contribution in [0.15, 0.2) is 18.2 Å². The molecule has 1 rings (SSSR count). The lowest BCUT2D eigenvalue weighted by molar-refractivity contribution is 0.271. The third-order valence-electron chi connectivity index (χ3n) is 4.91. The molecule has 0 radical (unpaired) electrons. The van der Waals surface area contributed by atoms with Gasteiger partial charge in [-0.1, -0.05) is 65.5 Å². The molecule has 0 aliphatic rings. The van der Waals surface area contributed by atoms with Crippen LogP contribution in [0.4, 0.5) is 0 Å². The fourth-order valence-corrected chi connectivity index (χ4v) is 4.07. The molecule has 0 nitrogen and oxygen atoms in total. The molecule has 0 saturated heterocycles. The molecule has 4 unspecified atom stereocenters. The topological polar surface area (TPSA) is 0 Å². The van der Waals surface area contributed by atoms with Crippen molar-refractivity contribution in [2.75, 3.05) is 0 Å². The lowest BCUT2D eigenvalue weighted by Crippen LogP contribution is -2.27. The first-order chi connectivity index (χ1) is 10.2. The molecule has 0 aliphatic heterocycles. The van der Waals surface area contributed by atoms with Gasteiger partial charge in [0.25, 0.3) is 0 Å². The predicted molar refractivity (Wildman–Crippen MR) is 103 cm³/mol. The molecule has 0 amide bonds. The van der Waals surface area contributed by atoms with Gasteiger partial charge in [0, 0.05) is 11.2 Å². The van der Waals surface area contributed by atoms with Crippen molar-refractivity contribution in [2.24, 2.45) is 11.3 Å². The average molecular weight is 316 g/mol. The van der Waals surface area contributed by atoms with Gasteiger partial charge in [-0.05, 0) is 54.5 Å². The fourth-order valence-electron chi connectivity index (χ4n) is 2.28. The van der Waals surface area contributed by atoms with E-state index in [-0.39, 0.29) is 0 Å². The summed E-state index contributed by atoms with van der Waals surface area (Å²) in [7, 11) is 0.923. The molecule has 0 fully saturated rings. The van der Waals surface area contributed by atoms with Crippen molar-refractivity contribution in [3.63, 3.8) is 0 Å². The van der Waals surface area contributed by atoms with Gasteiger partial charge in [-0.3, -0.25) is 0 Å². The SMILES string of the molecule is CCC(C)PC(C#Cc1cccc(C)c1C)C(C)C(C)(C)C. The summed E-state index contributed by atoms with van der Waals surface area (Å²) in [6.07, 6.45) is 1.25. The minimum absolute atomic E-state index is 0.307. The zero-order chi connectivity index (χ0) is 16.9. The van der Waals surface area contributed by atoms with E-state index >= 15 is 0 Å². The van der Waals surface area contributed by atoms with Crippen molar-refractivity contribution in [3.05, 3.63) is 34.9 Å². The Hall–Kier alpha value is -0.790. The van der Waals surface area contributed by atoms with Crippen LogP contribution in [0.3, 0.4) is 0 Å². The first-order valence-electron chi connectivity index (χ1n) is 8.50. The van der Waals surface area contributed by atoms with Crippen LogP contribution in [0.25, 0.3) is 0 Å². The van der Waals surface area contributed by atoms with Gasteiger partial charge in [-0.2, -0.15) is 0 Å². The highest BCUT2D eigenvalue weighted by molar-refractivity contribution is 7.40. The van der Waals surface area contributed by atoms with E-state index in [0.29, 0.717) is 17.0 Å². The molecular weight excluding hydrogens is 283 g/mol. The molecule has 4 atom stereocenters. The molecule has 1 aromatic carbocycles. The van der Waals surface area contributed by atoms with Crippen LogP contribution >= 0.6 is 8.58 Å². The Bertz CT molecular complexity index is 539. The maximum Gasteiger partial charge on any atom is 0.0410 e. The minimum Gasteiger partial charge on any atom is -0.103 e. The Morgan fingerprint density at radius 1 is 1.14 bits per heavy atom. The normalized spacial score (nSPS) is 16.2. The number of benzene rings is 1. The van der Waals surface area contributed by atoms with E-state index in [2.05, 4.69) is 85.4 Å². The van der Waals surface area contributed by atoms with Crippen molar-refractivity contribution in [1.82, 2.24) is 0 Å². The molecule has 1 aromatic rings. The zero-order valence-corrected chi connectivity index (χ0v) is 16.7. The van der Waals surface area contributed by atoms with Gasteiger partial charge in [0.15, 0.2) is 0 Å². The first kappa shape index (κ1) is 19.3. The maximum absolute atomic E-state index is 3.64. The predicted octanol–water partition coefficient (Wildman–Crippen LogP) is 6.18. The van der Waals surface area contributed by atoms with Gasteiger partial charge in [-0.25, -0.2) is 0 Å². The van der Waals surface area contributed by atoms with Crippen LogP contribution < -0.4 is 0 Å². The van der Waals surface area contributed by atoms with E-state index in [0.717, 1.165) is 14.2 Å². The highest BCUT2D eigenvalue weighted by atomic mass is 31.1. The fraction of sp³-hybridized carbons (Fsp3) is 0.619. The Morgan fingerprint density at radius 2 is 1.77 bits per heavy atom. The van der Waals surface area contributed by atoms with Gasteiger partial charge in [-0.15, -0.1) is 8.58 Å². The largest absolute Gasteiger partial charge is 0.103 e. The van der Waals surface area contributed by atoms with E-state index in [1.54, 1.807) is 0 Å². The van der Waals surface area contributed by atoms with Crippen LogP contribution in [0.5, 0.6) is 0 Å². The number of rotatable bonds is 4. The highest BCUT2D eigenvalue weighted by Gasteiger charge is 2.28. The summed E-state index contributed by atoms with van der Waals surface area (Å²) >= 11 is 0. The van der Waals surface area contributed by atoms with Gasteiger partial charge in [0.1, 0.15) is 0 Å². The van der Waals surface area contributed by atoms with Crippen molar-refractivity contribution in [3.8, 4) is 11.8 Å². The summed E-state index contributed by atoms with van der Waals surface area (Å²) in [6, 6.07) is 6.43. The molecular formula is C21H33P. The average Bonchev–Trinajstić information content (AvgIpc) is 2.45. The van der Waals surface area contributed by atoms with Gasteiger partial charge in [0.05, 0.1) is 0 Å². The Balaban J connectivity index is 3.08. The van der Waals surface area contributed by atoms with E-state index in [4.69, 9.17) is 0 Å². The Kier molecular flexibility index (Phi) is 7.15. The third-order valence-corrected chi connectivity index (χ3v) is 6.89. The number of aryl methyl sites for hydroxylation is 1. The molecule has 0 aromatic heterocycles. The van der Waals surface area contributed by atoms with Crippen molar-refractivity contribution < 1.29 is 0 Å². The van der Waals surface area contributed by atoms with Crippen LogP contribution in [-0.4, -0.2) is 11.3 Å². The number of hydrogen-bond donors (Lipinski definition) is 0. The highest BCUT2D eigenvalue weighted by Crippen LogP contribution is 2.39. The van der Waals surface area contributed by atoms with Gasteiger partial charge >= 0.3 is 0 Å². The minimum atomic E-state index is 0.307. The van der Waals surface area contributed by atoms with Crippen molar-refractivity contribution in [1.29, 1.82) is 0 Å². The second-order valence-electron chi connectivity index (χ2n) is 7.63. The van der Waals surface area contributed by atoms with Crippen LogP contribution in [0, 0.1) is 37.0 Å². The van der Waals surface area contributed by atoms with Crippen LogP contribution in [0.2, 0.25) is 0 Å². The molecule has 0 bridgehead atoms. The Morgan fingerprint density at radius 3 is 2.32 bits per heavy atom. The molecule has 0 aliphatic carbocycles. The van der Waals surface area contributed by atoms with E-state index in [1.807, 2.05) is 0 Å². The third kappa shape index (κ3) is 5.44. The van der Waals surface area contributed by atoms with E-state index in [9.17, 15) is 0 Å². The maximum atomic E-state index is 3.64. The van der Waals surface area contributed by atoms with Crippen molar-refractivity contribution in [2.45, 2.75) is 73.1 Å². The van der Waals surface area contributed by atoms with E-state index in [1.165, 1.54) is 23.1 Å². The molecule has 122 valence electrons. The molecule has 22 heavy (non-hydrogen) atoms. The zero-order valence-electron chi connectivity index (χ0n) is 15.7. The van der Waals surface area contributed by atoms with Crippen LogP contribution in [0.1, 0.15) is 64.7 Å². The molecule has 0 N–H and O–H groups in total. The smallest absolute Gasteiger partial charge is 0.0410 e. The summed E-state index contributed by atoms with van der Waals surface area (Å²) in [5.74, 6) is 7.74. The number of hydrogen-bond acceptors (Lipinski definition) is 0. The first-order valence-corrected chi connectivity index (χ1v) is 9.66. The monoisotopic (exact) mass is 316 g/mol. The molecule has 0 spiro atoms. The summed E-state index contributed by atoms with van der Waals surface area (Å²) in [6.45, 7) is 18.4. The second-order valence-corrected chi connectivity index (χ2v) is 9.57. The van der Waals surface area contributed by atoms with Crippen LogP contribution in [-0.2, 0) is 0 Å². The molecule has 0 saturated carbocycles. The Labute approximate surface area is 140 Å². The summed E-state index contributed by atoms with van der Waals surface area (Å²) < 4.78 is 0. The summed E-state index contributed by atoms with van der Waals surface area (Å²) in [5, 5.41) is 0.